The highest BCUT2D eigenvalue weighted by Crippen LogP contribution is 2.48. The van der Waals surface area contributed by atoms with Crippen LogP contribution in [-0.2, 0) is 25.7 Å². The van der Waals surface area contributed by atoms with Gasteiger partial charge in [-0.2, -0.15) is 0 Å². The van der Waals surface area contributed by atoms with Crippen LogP contribution in [0.3, 0.4) is 0 Å². The van der Waals surface area contributed by atoms with Gasteiger partial charge in [0.05, 0.1) is 31.5 Å². The monoisotopic (exact) mass is 471 g/mol. The second kappa shape index (κ2) is 10.3. The molecular weight excluding hydrogens is 439 g/mol. The number of hydrogen-bond donors (Lipinski definition) is 1. The first-order valence-corrected chi connectivity index (χ1v) is 11.5. The van der Waals surface area contributed by atoms with Gasteiger partial charge in [-0.15, -0.1) is 0 Å². The van der Waals surface area contributed by atoms with Gasteiger partial charge in [-0.05, 0) is 44.0 Å². The summed E-state index contributed by atoms with van der Waals surface area (Å²) in [5.41, 5.74) is 0.656. The molecule has 0 atom stereocenters. The summed E-state index contributed by atoms with van der Waals surface area (Å²) in [7, 11) is 1.20. The molecule has 1 aliphatic rings. The molecule has 0 aliphatic heterocycles. The molecular formula is C26H32FN2O5+. The molecule has 7 nitrogen and oxygen atoms in total. The summed E-state index contributed by atoms with van der Waals surface area (Å²) in [6, 6.07) is 11.7. The topological polar surface area (TPSA) is 81.7 Å². The molecule has 182 valence electrons. The first-order chi connectivity index (χ1) is 16.2. The number of likely N-dealkylation sites (N-methyl/N-ethyl adjacent to an activating group) is 1. The summed E-state index contributed by atoms with van der Waals surface area (Å²) in [6.07, 6.45) is 1.19. The Morgan fingerprint density at radius 3 is 2.29 bits per heavy atom. The molecule has 0 unspecified atom stereocenters. The van der Waals surface area contributed by atoms with Gasteiger partial charge in [-0.3, -0.25) is 4.79 Å². The molecule has 0 heterocycles. The predicted octanol–water partition coefficient (Wildman–Crippen LogP) is 3.99. The lowest BCUT2D eigenvalue weighted by Gasteiger charge is -2.42. The molecule has 0 radical (unpaired) electrons. The second-order valence-corrected chi connectivity index (χ2v) is 8.70. The van der Waals surface area contributed by atoms with Crippen LogP contribution in [-0.4, -0.2) is 54.6 Å². The molecule has 8 heteroatoms. The maximum Gasteiger partial charge on any atom is 0.362 e. The number of anilines is 1. The van der Waals surface area contributed by atoms with Crippen molar-refractivity contribution in [3.8, 4) is 0 Å². The number of nitrogens with one attached hydrogen (secondary N) is 1. The number of carbonyl (C=O) groups is 3. The van der Waals surface area contributed by atoms with Crippen LogP contribution in [0.4, 0.5) is 10.1 Å². The van der Waals surface area contributed by atoms with Crippen LogP contribution in [0.2, 0.25) is 0 Å². The molecule has 0 spiro atoms. The first-order valence-electron chi connectivity index (χ1n) is 11.5. The van der Waals surface area contributed by atoms with E-state index in [1.807, 2.05) is 44.2 Å². The smallest absolute Gasteiger partial charge is 0.362 e. The van der Waals surface area contributed by atoms with E-state index in [1.165, 1.54) is 13.2 Å². The molecule has 0 aromatic heterocycles. The summed E-state index contributed by atoms with van der Waals surface area (Å²) in [5, 5.41) is 2.85. The van der Waals surface area contributed by atoms with E-state index in [0.29, 0.717) is 31.5 Å². The number of benzene rings is 2. The third-order valence-corrected chi connectivity index (χ3v) is 6.88. The van der Waals surface area contributed by atoms with Crippen molar-refractivity contribution in [2.45, 2.75) is 45.8 Å². The Bertz CT molecular complexity index is 1060. The van der Waals surface area contributed by atoms with Crippen LogP contribution in [0.25, 0.3) is 0 Å². The van der Waals surface area contributed by atoms with Crippen molar-refractivity contribution in [2.24, 2.45) is 0 Å². The fourth-order valence-electron chi connectivity index (χ4n) is 4.68. The van der Waals surface area contributed by atoms with Gasteiger partial charge >= 0.3 is 11.9 Å². The SMILES string of the molecule is CC[N+](CC)(CC(=O)OCc1ccccc1)C1(C(=O)Nc2c(C)cc(F)cc2C(=O)OC)CC1. The van der Waals surface area contributed by atoms with E-state index in [1.54, 1.807) is 6.92 Å². The lowest BCUT2D eigenvalue weighted by Crippen LogP contribution is -2.64. The van der Waals surface area contributed by atoms with Crippen molar-refractivity contribution in [3.63, 3.8) is 0 Å². The summed E-state index contributed by atoms with van der Waals surface area (Å²) < 4.78 is 24.5. The molecule has 1 fully saturated rings. The number of nitrogens with zero attached hydrogens (tertiary/aromatic N) is 1. The van der Waals surface area contributed by atoms with Crippen molar-refractivity contribution in [1.29, 1.82) is 0 Å². The molecule has 0 bridgehead atoms. The Morgan fingerprint density at radius 1 is 1.09 bits per heavy atom. The van der Waals surface area contributed by atoms with Gasteiger partial charge in [0, 0.05) is 12.8 Å². The molecule has 1 amide bonds. The maximum absolute atomic E-state index is 14.0. The minimum Gasteiger partial charge on any atom is -0.465 e. The van der Waals surface area contributed by atoms with Gasteiger partial charge in [0.1, 0.15) is 12.4 Å². The number of halogens is 1. The van der Waals surface area contributed by atoms with Crippen LogP contribution >= 0.6 is 0 Å². The van der Waals surface area contributed by atoms with E-state index in [0.717, 1.165) is 11.6 Å². The van der Waals surface area contributed by atoms with Crippen LogP contribution in [0.1, 0.15) is 48.2 Å². The Hall–Kier alpha value is -3.26. The molecule has 2 aromatic rings. The lowest BCUT2D eigenvalue weighted by molar-refractivity contribution is -0.942. The largest absolute Gasteiger partial charge is 0.465 e. The van der Waals surface area contributed by atoms with Gasteiger partial charge < -0.3 is 19.3 Å². The van der Waals surface area contributed by atoms with Crippen molar-refractivity contribution in [3.05, 3.63) is 65.0 Å². The normalized spacial score (nSPS) is 14.3. The summed E-state index contributed by atoms with van der Waals surface area (Å²) in [4.78, 5) is 38.6. The van der Waals surface area contributed by atoms with Crippen molar-refractivity contribution < 1.29 is 32.7 Å². The van der Waals surface area contributed by atoms with Crippen molar-refractivity contribution in [1.82, 2.24) is 0 Å². The molecule has 0 saturated heterocycles. The number of hydrogen-bond acceptors (Lipinski definition) is 5. The fourth-order valence-corrected chi connectivity index (χ4v) is 4.68. The summed E-state index contributed by atoms with van der Waals surface area (Å²) in [6.45, 7) is 6.85. The number of ether oxygens (including phenoxy) is 2. The molecule has 1 N–H and O–H groups in total. The highest BCUT2D eigenvalue weighted by atomic mass is 19.1. The molecule has 34 heavy (non-hydrogen) atoms. The van der Waals surface area contributed by atoms with Crippen molar-refractivity contribution in [2.75, 3.05) is 32.1 Å². The standard InChI is InChI=1S/C26H31FN2O5/c1-5-29(6-2,16-22(30)34-17-19-10-8-7-9-11-19)26(12-13-26)25(32)28-23-18(3)14-20(27)15-21(23)24(31)33-4/h7-11,14-15H,5-6,12-13,16-17H2,1-4H3/p+1. The number of methoxy groups -OCH3 is 1. The number of rotatable bonds is 10. The second-order valence-electron chi connectivity index (χ2n) is 8.70. The number of esters is 2. The molecule has 1 aliphatic carbocycles. The van der Waals surface area contributed by atoms with Crippen molar-refractivity contribution >= 4 is 23.5 Å². The Morgan fingerprint density at radius 2 is 1.74 bits per heavy atom. The third kappa shape index (κ3) is 4.97. The van der Waals surface area contributed by atoms with Crippen LogP contribution < -0.4 is 5.32 Å². The van der Waals surface area contributed by atoms with Crippen LogP contribution in [0, 0.1) is 12.7 Å². The quantitative estimate of drug-likeness (QED) is 0.419. The van der Waals surface area contributed by atoms with Gasteiger partial charge in [-0.1, -0.05) is 30.3 Å². The summed E-state index contributed by atoms with van der Waals surface area (Å²) >= 11 is 0. The average molecular weight is 472 g/mol. The number of quaternary nitrogens is 1. The Balaban J connectivity index is 1.82. The van der Waals surface area contributed by atoms with E-state index in [-0.39, 0.29) is 40.8 Å². The highest BCUT2D eigenvalue weighted by molar-refractivity contribution is 6.05. The zero-order valence-corrected chi connectivity index (χ0v) is 20.2. The Labute approximate surface area is 199 Å². The Kier molecular flexibility index (Phi) is 7.71. The average Bonchev–Trinajstić information content (AvgIpc) is 3.65. The fraction of sp³-hybridized carbons (Fsp3) is 0.423. The number of carbonyl (C=O) groups excluding carboxylic acids is 3. The molecule has 3 rings (SSSR count). The van der Waals surface area contributed by atoms with Crippen LogP contribution in [0.15, 0.2) is 42.5 Å². The highest BCUT2D eigenvalue weighted by Gasteiger charge is 2.65. The van der Waals surface area contributed by atoms with E-state index < -0.39 is 17.3 Å². The first kappa shape index (κ1) is 25.4. The van der Waals surface area contributed by atoms with E-state index >= 15 is 0 Å². The summed E-state index contributed by atoms with van der Waals surface area (Å²) in [5.74, 6) is -2.00. The number of aryl methyl sites for hydroxylation is 1. The van der Waals surface area contributed by atoms with Gasteiger partial charge in [0.15, 0.2) is 12.1 Å². The van der Waals surface area contributed by atoms with Crippen LogP contribution in [0.5, 0.6) is 0 Å². The van der Waals surface area contributed by atoms with E-state index in [9.17, 15) is 18.8 Å². The molecule has 1 saturated carbocycles. The van der Waals surface area contributed by atoms with E-state index in [2.05, 4.69) is 5.32 Å². The van der Waals surface area contributed by atoms with Gasteiger partial charge in [-0.25, -0.2) is 14.0 Å². The zero-order chi connectivity index (χ0) is 24.9. The third-order valence-electron chi connectivity index (χ3n) is 6.88. The minimum absolute atomic E-state index is 0.0440. The van der Waals surface area contributed by atoms with Gasteiger partial charge in [0.2, 0.25) is 0 Å². The van der Waals surface area contributed by atoms with Gasteiger partial charge in [0.25, 0.3) is 5.91 Å². The number of amides is 1. The predicted molar refractivity (Wildman–Crippen MR) is 126 cm³/mol. The zero-order valence-electron chi connectivity index (χ0n) is 20.2. The molecule has 2 aromatic carbocycles. The minimum atomic E-state index is -0.830. The lowest BCUT2D eigenvalue weighted by atomic mass is 10.0. The van der Waals surface area contributed by atoms with E-state index in [4.69, 9.17) is 9.47 Å². The maximum atomic E-state index is 14.0.